The van der Waals surface area contributed by atoms with Gasteiger partial charge in [-0.25, -0.2) is 8.78 Å². The predicted molar refractivity (Wildman–Crippen MR) is 40.7 cm³/mol. The van der Waals surface area contributed by atoms with Crippen molar-refractivity contribution in [1.82, 2.24) is 0 Å². The van der Waals surface area contributed by atoms with Crippen molar-refractivity contribution in [3.8, 4) is 0 Å². The van der Waals surface area contributed by atoms with E-state index in [0.29, 0.717) is 6.42 Å². The minimum atomic E-state index is -2.60. The molecule has 1 nitrogen and oxygen atoms in total. The van der Waals surface area contributed by atoms with Crippen LogP contribution in [0.2, 0.25) is 0 Å². The number of halogens is 2. The van der Waals surface area contributed by atoms with Crippen LogP contribution in [0, 0.1) is 5.92 Å². The third kappa shape index (κ3) is 4.30. The van der Waals surface area contributed by atoms with Crippen LogP contribution in [-0.2, 0) is 0 Å². The van der Waals surface area contributed by atoms with Crippen LogP contribution in [0.15, 0.2) is 0 Å². The molecule has 0 aliphatic rings. The van der Waals surface area contributed by atoms with Gasteiger partial charge in [-0.1, -0.05) is 26.7 Å². The van der Waals surface area contributed by atoms with Gasteiger partial charge in [0.2, 0.25) is 0 Å². The van der Waals surface area contributed by atoms with Gasteiger partial charge in [-0.15, -0.1) is 0 Å². The Labute approximate surface area is 66.4 Å². The highest BCUT2D eigenvalue weighted by atomic mass is 19.3. The molecule has 3 heteroatoms. The van der Waals surface area contributed by atoms with Crippen LogP contribution in [0.1, 0.15) is 33.1 Å². The first kappa shape index (κ1) is 10.8. The normalized spacial score (nSPS) is 16.9. The maximum atomic E-state index is 11.9. The van der Waals surface area contributed by atoms with Gasteiger partial charge in [0.1, 0.15) is 6.10 Å². The van der Waals surface area contributed by atoms with E-state index >= 15 is 0 Å². The molecular formula is C8H16F2O. The number of rotatable bonds is 5. The first-order valence-electron chi connectivity index (χ1n) is 4.05. The summed E-state index contributed by atoms with van der Waals surface area (Å²) in [5.41, 5.74) is 0. The van der Waals surface area contributed by atoms with Crippen molar-refractivity contribution in [3.05, 3.63) is 0 Å². The average Bonchev–Trinajstić information content (AvgIpc) is 1.98. The molecule has 0 aromatic rings. The lowest BCUT2D eigenvalue weighted by molar-refractivity contribution is -0.0365. The number of hydrogen-bond donors (Lipinski definition) is 1. The van der Waals surface area contributed by atoms with E-state index in [1.807, 2.05) is 6.92 Å². The summed E-state index contributed by atoms with van der Waals surface area (Å²) in [6.45, 7) is 3.66. The van der Waals surface area contributed by atoms with Gasteiger partial charge in [-0.3, -0.25) is 0 Å². The molecular weight excluding hydrogens is 150 g/mol. The molecule has 0 fully saturated rings. The van der Waals surface area contributed by atoms with Crippen LogP contribution in [0.5, 0.6) is 0 Å². The van der Waals surface area contributed by atoms with Crippen LogP contribution < -0.4 is 0 Å². The van der Waals surface area contributed by atoms with Gasteiger partial charge in [-0.05, 0) is 12.3 Å². The van der Waals surface area contributed by atoms with Crippen molar-refractivity contribution in [3.63, 3.8) is 0 Å². The highest BCUT2D eigenvalue weighted by Crippen LogP contribution is 2.17. The van der Waals surface area contributed by atoms with Gasteiger partial charge < -0.3 is 5.11 Å². The number of alkyl halides is 2. The van der Waals surface area contributed by atoms with Gasteiger partial charge >= 0.3 is 0 Å². The highest BCUT2D eigenvalue weighted by molar-refractivity contribution is 4.66. The second kappa shape index (κ2) is 5.47. The predicted octanol–water partition coefficient (Wildman–Crippen LogP) is 2.44. The van der Waals surface area contributed by atoms with Crippen LogP contribution in [-0.4, -0.2) is 17.6 Å². The summed E-state index contributed by atoms with van der Waals surface area (Å²) in [6.07, 6.45) is -1.46. The Bertz CT molecular complexity index is 96.1. The van der Waals surface area contributed by atoms with Gasteiger partial charge in [0.05, 0.1) is 0 Å². The Morgan fingerprint density at radius 3 is 2.27 bits per heavy atom. The third-order valence-electron chi connectivity index (χ3n) is 1.85. The zero-order chi connectivity index (χ0) is 8.85. The maximum absolute atomic E-state index is 11.9. The molecule has 0 heterocycles. The molecule has 0 aliphatic carbocycles. The highest BCUT2D eigenvalue weighted by Gasteiger charge is 2.22. The van der Waals surface area contributed by atoms with Crippen LogP contribution in [0.3, 0.4) is 0 Å². The lowest BCUT2D eigenvalue weighted by Crippen LogP contribution is -2.25. The summed E-state index contributed by atoms with van der Waals surface area (Å²) >= 11 is 0. The molecule has 2 atom stereocenters. The molecule has 68 valence electrons. The molecule has 0 bridgehead atoms. The van der Waals surface area contributed by atoms with E-state index in [0.717, 1.165) is 12.8 Å². The Hall–Kier alpha value is -0.180. The number of unbranched alkanes of at least 4 members (excludes halogenated alkanes) is 1. The van der Waals surface area contributed by atoms with Crippen LogP contribution in [0.4, 0.5) is 8.78 Å². The molecule has 0 aromatic heterocycles. The summed E-state index contributed by atoms with van der Waals surface area (Å²) in [6, 6.07) is 0. The topological polar surface area (TPSA) is 20.2 Å². The lowest BCUT2D eigenvalue weighted by atomic mass is 9.98. The van der Waals surface area contributed by atoms with Crippen LogP contribution in [0.25, 0.3) is 0 Å². The van der Waals surface area contributed by atoms with Crippen molar-refractivity contribution < 1.29 is 13.9 Å². The van der Waals surface area contributed by atoms with E-state index in [1.165, 1.54) is 0 Å². The fourth-order valence-corrected chi connectivity index (χ4v) is 0.945. The van der Waals surface area contributed by atoms with Crippen LogP contribution >= 0.6 is 0 Å². The molecule has 0 spiro atoms. The van der Waals surface area contributed by atoms with E-state index in [2.05, 4.69) is 0 Å². The molecule has 0 saturated carbocycles. The SMILES string of the molecule is CCCC[C@@H](C)[C@H](O)C(F)F. The first-order chi connectivity index (χ1) is 5.09. The Kier molecular flexibility index (Phi) is 5.38. The summed E-state index contributed by atoms with van der Waals surface area (Å²) < 4.78 is 23.7. The summed E-state index contributed by atoms with van der Waals surface area (Å²) in [5.74, 6) is -0.282. The number of aliphatic hydroxyl groups excluding tert-OH is 1. The Balaban J connectivity index is 3.55. The van der Waals surface area contributed by atoms with E-state index in [1.54, 1.807) is 6.92 Å². The fourth-order valence-electron chi connectivity index (χ4n) is 0.945. The van der Waals surface area contributed by atoms with E-state index in [9.17, 15) is 8.78 Å². The smallest absolute Gasteiger partial charge is 0.264 e. The summed E-state index contributed by atoms with van der Waals surface area (Å²) in [7, 11) is 0. The first-order valence-corrected chi connectivity index (χ1v) is 4.05. The van der Waals surface area contributed by atoms with Crippen molar-refractivity contribution in [2.45, 2.75) is 45.6 Å². The van der Waals surface area contributed by atoms with Crippen molar-refractivity contribution in [2.75, 3.05) is 0 Å². The van der Waals surface area contributed by atoms with Crippen molar-refractivity contribution in [2.24, 2.45) is 5.92 Å². The molecule has 0 aromatic carbocycles. The molecule has 0 radical (unpaired) electrons. The molecule has 0 saturated heterocycles. The van der Waals surface area contributed by atoms with Gasteiger partial charge in [0, 0.05) is 0 Å². The minimum Gasteiger partial charge on any atom is -0.387 e. The lowest BCUT2D eigenvalue weighted by Gasteiger charge is -2.16. The summed E-state index contributed by atoms with van der Waals surface area (Å²) in [5, 5.41) is 8.87. The minimum absolute atomic E-state index is 0.282. The number of aliphatic hydroxyl groups is 1. The maximum Gasteiger partial charge on any atom is 0.264 e. The molecule has 0 unspecified atom stereocenters. The van der Waals surface area contributed by atoms with E-state index in [4.69, 9.17) is 5.11 Å². The third-order valence-corrected chi connectivity index (χ3v) is 1.85. The van der Waals surface area contributed by atoms with Gasteiger partial charge in [0.25, 0.3) is 6.43 Å². The monoisotopic (exact) mass is 166 g/mol. The molecule has 0 aliphatic heterocycles. The summed E-state index contributed by atoms with van der Waals surface area (Å²) in [4.78, 5) is 0. The average molecular weight is 166 g/mol. The van der Waals surface area contributed by atoms with E-state index in [-0.39, 0.29) is 5.92 Å². The zero-order valence-electron chi connectivity index (χ0n) is 7.06. The van der Waals surface area contributed by atoms with E-state index < -0.39 is 12.5 Å². The largest absolute Gasteiger partial charge is 0.387 e. The van der Waals surface area contributed by atoms with Crippen molar-refractivity contribution >= 4 is 0 Å². The van der Waals surface area contributed by atoms with Gasteiger partial charge in [-0.2, -0.15) is 0 Å². The van der Waals surface area contributed by atoms with Crippen molar-refractivity contribution in [1.29, 1.82) is 0 Å². The fraction of sp³-hybridized carbons (Fsp3) is 1.00. The molecule has 0 amide bonds. The standard InChI is InChI=1S/C8H16F2O/c1-3-4-5-6(2)7(11)8(9)10/h6-8,11H,3-5H2,1-2H3/t6-,7+/m1/s1. The zero-order valence-corrected chi connectivity index (χ0v) is 7.06. The van der Waals surface area contributed by atoms with Gasteiger partial charge in [0.15, 0.2) is 0 Å². The Morgan fingerprint density at radius 2 is 1.91 bits per heavy atom. The molecule has 11 heavy (non-hydrogen) atoms. The second-order valence-corrected chi connectivity index (χ2v) is 2.94. The number of hydrogen-bond acceptors (Lipinski definition) is 1. The second-order valence-electron chi connectivity index (χ2n) is 2.94. The quantitative estimate of drug-likeness (QED) is 0.665. The Morgan fingerprint density at radius 1 is 1.36 bits per heavy atom. The molecule has 0 rings (SSSR count). The molecule has 1 N–H and O–H groups in total.